The van der Waals surface area contributed by atoms with Gasteiger partial charge in [-0.1, -0.05) is 30.3 Å². The zero-order valence-corrected chi connectivity index (χ0v) is 18.5. The van der Waals surface area contributed by atoms with E-state index < -0.39 is 5.60 Å². The molecule has 0 bridgehead atoms. The van der Waals surface area contributed by atoms with E-state index in [0.29, 0.717) is 25.6 Å². The standard InChI is InChI=1S/C22H36N4O3/c1-22(2,3)29-21(27)25(5)14-12-24-20(23-4)26-13-11-19(15-26)17-28-16-18-9-7-6-8-10-18/h6-10,19H,11-17H2,1-5H3,(H,23,24). The first-order chi connectivity index (χ1) is 13.8. The van der Waals surface area contributed by atoms with Crippen LogP contribution in [0.2, 0.25) is 0 Å². The van der Waals surface area contributed by atoms with Gasteiger partial charge in [-0.15, -0.1) is 0 Å². The lowest BCUT2D eigenvalue weighted by Crippen LogP contribution is -2.44. The summed E-state index contributed by atoms with van der Waals surface area (Å²) in [6.45, 7) is 10.1. The van der Waals surface area contributed by atoms with E-state index in [1.54, 1.807) is 19.0 Å². The third kappa shape index (κ3) is 8.31. The fourth-order valence-corrected chi connectivity index (χ4v) is 3.18. The molecule has 1 heterocycles. The van der Waals surface area contributed by atoms with Crippen LogP contribution in [0, 0.1) is 5.92 Å². The molecule has 0 aliphatic carbocycles. The molecule has 7 nitrogen and oxygen atoms in total. The van der Waals surface area contributed by atoms with Crippen LogP contribution < -0.4 is 5.32 Å². The first kappa shape index (κ1) is 23.0. The lowest BCUT2D eigenvalue weighted by Gasteiger charge is -2.26. The molecule has 0 saturated carbocycles. The van der Waals surface area contributed by atoms with Gasteiger partial charge in [-0.05, 0) is 32.8 Å². The van der Waals surface area contributed by atoms with Crippen molar-refractivity contribution in [3.8, 4) is 0 Å². The van der Waals surface area contributed by atoms with Crippen molar-refractivity contribution in [3.63, 3.8) is 0 Å². The van der Waals surface area contributed by atoms with Crippen molar-refractivity contribution in [1.82, 2.24) is 15.1 Å². The van der Waals surface area contributed by atoms with Crippen LogP contribution >= 0.6 is 0 Å². The Bertz CT molecular complexity index is 658. The topological polar surface area (TPSA) is 66.4 Å². The molecule has 1 saturated heterocycles. The van der Waals surface area contributed by atoms with Crippen LogP contribution in [0.15, 0.2) is 35.3 Å². The van der Waals surface area contributed by atoms with E-state index in [1.165, 1.54) is 5.56 Å². The lowest BCUT2D eigenvalue weighted by molar-refractivity contribution is 0.0302. The van der Waals surface area contributed by atoms with Gasteiger partial charge in [0, 0.05) is 46.2 Å². The highest BCUT2D eigenvalue weighted by Crippen LogP contribution is 2.17. The minimum atomic E-state index is -0.484. The molecule has 162 valence electrons. The molecule has 29 heavy (non-hydrogen) atoms. The molecule has 1 atom stereocenters. The summed E-state index contributed by atoms with van der Waals surface area (Å²) in [6.07, 6.45) is 0.777. The van der Waals surface area contributed by atoms with Crippen molar-refractivity contribution in [2.75, 3.05) is 46.9 Å². The maximum Gasteiger partial charge on any atom is 0.410 e. The Labute approximate surface area is 175 Å². The first-order valence-electron chi connectivity index (χ1n) is 10.3. The van der Waals surface area contributed by atoms with Gasteiger partial charge in [-0.25, -0.2) is 4.79 Å². The Morgan fingerprint density at radius 3 is 2.69 bits per heavy atom. The van der Waals surface area contributed by atoms with Gasteiger partial charge in [0.1, 0.15) is 5.60 Å². The third-order valence-electron chi connectivity index (χ3n) is 4.70. The van der Waals surface area contributed by atoms with E-state index >= 15 is 0 Å². The second kappa shape index (κ2) is 11.0. The van der Waals surface area contributed by atoms with Gasteiger partial charge in [0.2, 0.25) is 0 Å². The number of benzene rings is 1. The number of ether oxygens (including phenoxy) is 2. The Balaban J connectivity index is 1.68. The van der Waals surface area contributed by atoms with Crippen LogP contribution in [0.1, 0.15) is 32.8 Å². The molecular formula is C22H36N4O3. The van der Waals surface area contributed by atoms with Crippen molar-refractivity contribution in [2.45, 2.75) is 39.4 Å². The van der Waals surface area contributed by atoms with E-state index in [9.17, 15) is 4.79 Å². The highest BCUT2D eigenvalue weighted by molar-refractivity contribution is 5.80. The van der Waals surface area contributed by atoms with E-state index in [0.717, 1.165) is 32.1 Å². The number of likely N-dealkylation sites (N-methyl/N-ethyl adjacent to an activating group) is 1. The van der Waals surface area contributed by atoms with E-state index in [1.807, 2.05) is 39.0 Å². The number of nitrogens with zero attached hydrogens (tertiary/aromatic N) is 3. The SMILES string of the molecule is CN=C(NCCN(C)C(=O)OC(C)(C)C)N1CCC(COCc2ccccc2)C1. The minimum absolute atomic E-state index is 0.314. The van der Waals surface area contributed by atoms with Crippen LogP contribution in [0.3, 0.4) is 0 Å². The van der Waals surface area contributed by atoms with Crippen molar-refractivity contribution in [1.29, 1.82) is 0 Å². The van der Waals surface area contributed by atoms with Crippen LogP contribution in [-0.4, -0.2) is 74.3 Å². The first-order valence-corrected chi connectivity index (χ1v) is 10.3. The minimum Gasteiger partial charge on any atom is -0.444 e. The summed E-state index contributed by atoms with van der Waals surface area (Å²) in [7, 11) is 3.54. The fourth-order valence-electron chi connectivity index (χ4n) is 3.18. The number of carbonyl (C=O) groups excluding carboxylic acids is 1. The molecule has 0 spiro atoms. The van der Waals surface area contributed by atoms with E-state index in [-0.39, 0.29) is 6.09 Å². The summed E-state index contributed by atoms with van der Waals surface area (Å²) in [6, 6.07) is 10.3. The summed E-state index contributed by atoms with van der Waals surface area (Å²) in [5, 5.41) is 3.35. The third-order valence-corrected chi connectivity index (χ3v) is 4.70. The summed E-state index contributed by atoms with van der Waals surface area (Å²) in [5.41, 5.74) is 0.719. The molecule has 1 aliphatic heterocycles. The van der Waals surface area contributed by atoms with Gasteiger partial charge in [0.05, 0.1) is 13.2 Å². The van der Waals surface area contributed by atoms with Crippen LogP contribution in [0.4, 0.5) is 4.79 Å². The number of guanidine groups is 1. The normalized spacial score (nSPS) is 17.3. The quantitative estimate of drug-likeness (QED) is 0.559. The molecule has 7 heteroatoms. The summed E-state index contributed by atoms with van der Waals surface area (Å²) in [4.78, 5) is 20.2. The zero-order valence-electron chi connectivity index (χ0n) is 18.5. The second-order valence-electron chi connectivity index (χ2n) is 8.48. The number of likely N-dealkylation sites (tertiary alicyclic amines) is 1. The monoisotopic (exact) mass is 404 g/mol. The summed E-state index contributed by atoms with van der Waals surface area (Å²) < 4.78 is 11.3. The van der Waals surface area contributed by atoms with Crippen molar-refractivity contribution in [3.05, 3.63) is 35.9 Å². The molecule has 1 aromatic carbocycles. The average molecular weight is 405 g/mol. The van der Waals surface area contributed by atoms with Crippen molar-refractivity contribution in [2.24, 2.45) is 10.9 Å². The van der Waals surface area contributed by atoms with E-state index in [4.69, 9.17) is 9.47 Å². The van der Waals surface area contributed by atoms with Gasteiger partial charge in [0.25, 0.3) is 0 Å². The van der Waals surface area contributed by atoms with E-state index in [2.05, 4.69) is 27.3 Å². The molecule has 1 aliphatic rings. The molecule has 1 fully saturated rings. The smallest absolute Gasteiger partial charge is 0.410 e. The molecule has 0 aromatic heterocycles. The number of carbonyl (C=O) groups is 1. The van der Waals surface area contributed by atoms with Gasteiger partial charge in [-0.3, -0.25) is 4.99 Å². The molecule has 1 aromatic rings. The maximum atomic E-state index is 12.0. The number of hydrogen-bond acceptors (Lipinski definition) is 4. The number of hydrogen-bond donors (Lipinski definition) is 1. The summed E-state index contributed by atoms with van der Waals surface area (Å²) in [5.74, 6) is 1.37. The van der Waals surface area contributed by atoms with Gasteiger partial charge < -0.3 is 24.6 Å². The highest BCUT2D eigenvalue weighted by atomic mass is 16.6. The highest BCUT2D eigenvalue weighted by Gasteiger charge is 2.25. The fraction of sp³-hybridized carbons (Fsp3) is 0.636. The average Bonchev–Trinajstić information content (AvgIpc) is 3.13. The number of nitrogens with one attached hydrogen (secondary N) is 1. The predicted octanol–water partition coefficient (Wildman–Crippen LogP) is 2.97. The molecule has 1 amide bonds. The molecule has 0 radical (unpaired) electrons. The summed E-state index contributed by atoms with van der Waals surface area (Å²) >= 11 is 0. The Kier molecular flexibility index (Phi) is 8.76. The molecular weight excluding hydrogens is 368 g/mol. The predicted molar refractivity (Wildman–Crippen MR) is 116 cm³/mol. The van der Waals surface area contributed by atoms with Crippen LogP contribution in [0.25, 0.3) is 0 Å². The lowest BCUT2D eigenvalue weighted by atomic mass is 10.1. The second-order valence-corrected chi connectivity index (χ2v) is 8.48. The largest absolute Gasteiger partial charge is 0.444 e. The zero-order chi connectivity index (χ0) is 21.3. The molecule has 1 unspecified atom stereocenters. The Morgan fingerprint density at radius 2 is 2.03 bits per heavy atom. The number of aliphatic imine (C=N–C) groups is 1. The molecule has 1 N–H and O–H groups in total. The van der Waals surface area contributed by atoms with Gasteiger partial charge in [0.15, 0.2) is 5.96 Å². The Hall–Kier alpha value is -2.28. The molecule has 2 rings (SSSR count). The van der Waals surface area contributed by atoms with Crippen molar-refractivity contribution >= 4 is 12.1 Å². The maximum absolute atomic E-state index is 12.0. The van der Waals surface area contributed by atoms with Gasteiger partial charge >= 0.3 is 6.09 Å². The Morgan fingerprint density at radius 1 is 1.31 bits per heavy atom. The number of amides is 1. The van der Waals surface area contributed by atoms with Crippen LogP contribution in [-0.2, 0) is 16.1 Å². The van der Waals surface area contributed by atoms with Crippen LogP contribution in [0.5, 0.6) is 0 Å². The van der Waals surface area contributed by atoms with Crippen molar-refractivity contribution < 1.29 is 14.3 Å². The van der Waals surface area contributed by atoms with Gasteiger partial charge in [-0.2, -0.15) is 0 Å². The number of rotatable bonds is 7.